The molecule has 1 aliphatic carbocycles. The molecule has 1 aliphatic heterocycles. The van der Waals surface area contributed by atoms with Gasteiger partial charge in [-0.3, -0.25) is 4.90 Å². The number of halogens is 1. The number of aromatic amines is 1. The van der Waals surface area contributed by atoms with Crippen molar-refractivity contribution in [2.24, 2.45) is 0 Å². The Kier molecular flexibility index (Phi) is 5.45. The first kappa shape index (κ1) is 19.8. The molecule has 0 unspecified atom stereocenters. The van der Waals surface area contributed by atoms with Crippen molar-refractivity contribution in [3.63, 3.8) is 0 Å². The second-order valence-electron chi connectivity index (χ2n) is 8.17. The number of urea groups is 1. The van der Waals surface area contributed by atoms with Crippen LogP contribution in [0.2, 0.25) is 0 Å². The van der Waals surface area contributed by atoms with Gasteiger partial charge in [-0.05, 0) is 63.4 Å². The van der Waals surface area contributed by atoms with Gasteiger partial charge in [0.05, 0.1) is 0 Å². The third kappa shape index (κ3) is 3.24. The Balaban J connectivity index is 1.68. The summed E-state index contributed by atoms with van der Waals surface area (Å²) < 4.78 is 1.13. The summed E-state index contributed by atoms with van der Waals surface area (Å²) in [5, 5.41) is 4.73. The quantitative estimate of drug-likeness (QED) is 0.731. The summed E-state index contributed by atoms with van der Waals surface area (Å²) in [6.07, 6.45) is 2.10. The van der Waals surface area contributed by atoms with Gasteiger partial charge in [-0.25, -0.2) is 4.79 Å². The van der Waals surface area contributed by atoms with Crippen molar-refractivity contribution in [1.29, 1.82) is 0 Å². The normalized spacial score (nSPS) is 24.2. The molecule has 2 aromatic rings. The highest BCUT2D eigenvalue weighted by Crippen LogP contribution is 2.45. The first-order chi connectivity index (χ1) is 13.5. The molecule has 0 saturated carbocycles. The number of carbonyl (C=O) groups excluding carboxylic acids is 1. The minimum atomic E-state index is 0.0675. The standard InChI is InChI=1S/C22H31BrN4O/c1-5-26(6-2)22(28)25-15-10-17-18-8-14(23)9-19-21(18)16(13(4)24-19)11-20(17)27(7-3)12-15/h8-9,15,17,20,24H,5-7,10-12H2,1-4H3,(H,25,28)/t15-,17+,20+/m0/s1. The minimum Gasteiger partial charge on any atom is -0.358 e. The molecule has 28 heavy (non-hydrogen) atoms. The van der Waals surface area contributed by atoms with E-state index in [4.69, 9.17) is 0 Å². The van der Waals surface area contributed by atoms with Crippen LogP contribution in [0.5, 0.6) is 0 Å². The molecule has 1 fully saturated rings. The van der Waals surface area contributed by atoms with Crippen LogP contribution < -0.4 is 5.32 Å². The number of amides is 2. The van der Waals surface area contributed by atoms with Crippen LogP contribution in [-0.4, -0.2) is 59.1 Å². The predicted octanol–water partition coefficient (Wildman–Crippen LogP) is 4.39. The molecular weight excluding hydrogens is 416 g/mol. The van der Waals surface area contributed by atoms with E-state index < -0.39 is 0 Å². The van der Waals surface area contributed by atoms with Crippen molar-refractivity contribution >= 4 is 32.9 Å². The molecule has 1 aromatic heterocycles. The zero-order chi connectivity index (χ0) is 20.0. The molecule has 2 N–H and O–H groups in total. The van der Waals surface area contributed by atoms with E-state index in [0.717, 1.165) is 43.5 Å². The summed E-state index contributed by atoms with van der Waals surface area (Å²) in [5.41, 5.74) is 5.43. The van der Waals surface area contributed by atoms with Crippen molar-refractivity contribution in [1.82, 2.24) is 20.1 Å². The van der Waals surface area contributed by atoms with Crippen LogP contribution in [0.25, 0.3) is 10.9 Å². The second kappa shape index (κ2) is 7.71. The Morgan fingerprint density at radius 1 is 1.32 bits per heavy atom. The lowest BCUT2D eigenvalue weighted by atomic mass is 9.73. The number of nitrogens with one attached hydrogen (secondary N) is 2. The zero-order valence-electron chi connectivity index (χ0n) is 17.3. The van der Waals surface area contributed by atoms with Gasteiger partial charge in [0, 0.05) is 58.7 Å². The van der Waals surface area contributed by atoms with Crippen LogP contribution >= 0.6 is 15.9 Å². The minimum absolute atomic E-state index is 0.0675. The van der Waals surface area contributed by atoms with Gasteiger partial charge in [0.1, 0.15) is 0 Å². The predicted molar refractivity (Wildman–Crippen MR) is 118 cm³/mol. The third-order valence-corrected chi connectivity index (χ3v) is 7.19. The Bertz CT molecular complexity index is 888. The number of piperidine rings is 1. The monoisotopic (exact) mass is 446 g/mol. The van der Waals surface area contributed by atoms with E-state index >= 15 is 0 Å². The molecule has 6 heteroatoms. The molecule has 3 atom stereocenters. The molecule has 0 radical (unpaired) electrons. The molecule has 2 heterocycles. The van der Waals surface area contributed by atoms with Crippen LogP contribution in [0.15, 0.2) is 16.6 Å². The van der Waals surface area contributed by atoms with E-state index in [9.17, 15) is 4.79 Å². The number of fused-ring (bicyclic) bond motifs is 2. The number of H-pyrrole nitrogens is 1. The Hall–Kier alpha value is -1.53. The Labute approximate surface area is 176 Å². The molecule has 0 bridgehead atoms. The van der Waals surface area contributed by atoms with Gasteiger partial charge in [0.15, 0.2) is 0 Å². The first-order valence-electron chi connectivity index (χ1n) is 10.6. The van der Waals surface area contributed by atoms with Gasteiger partial charge in [0.2, 0.25) is 0 Å². The van der Waals surface area contributed by atoms with Gasteiger partial charge in [0.25, 0.3) is 0 Å². The van der Waals surface area contributed by atoms with E-state index in [2.05, 4.69) is 57.1 Å². The van der Waals surface area contributed by atoms with Crippen molar-refractivity contribution in [2.45, 2.75) is 58.5 Å². The largest absolute Gasteiger partial charge is 0.358 e. The number of hydrogen-bond donors (Lipinski definition) is 2. The number of hydrogen-bond acceptors (Lipinski definition) is 2. The highest BCUT2D eigenvalue weighted by molar-refractivity contribution is 9.10. The summed E-state index contributed by atoms with van der Waals surface area (Å²) in [7, 11) is 0. The molecular formula is C22H31BrN4O. The third-order valence-electron chi connectivity index (χ3n) is 6.73. The highest BCUT2D eigenvalue weighted by Gasteiger charge is 2.41. The summed E-state index contributed by atoms with van der Waals surface area (Å²) in [4.78, 5) is 20.7. The molecule has 2 aliphatic rings. The fourth-order valence-electron chi connectivity index (χ4n) is 5.35. The number of aryl methyl sites for hydroxylation is 1. The van der Waals surface area contributed by atoms with E-state index in [1.54, 1.807) is 0 Å². The van der Waals surface area contributed by atoms with E-state index in [-0.39, 0.29) is 12.1 Å². The average Bonchev–Trinajstić information content (AvgIpc) is 2.98. The second-order valence-corrected chi connectivity index (χ2v) is 9.08. The number of likely N-dealkylation sites (tertiary alicyclic amines) is 1. The van der Waals surface area contributed by atoms with Crippen molar-refractivity contribution in [2.75, 3.05) is 26.2 Å². The van der Waals surface area contributed by atoms with Crippen molar-refractivity contribution < 1.29 is 4.79 Å². The van der Waals surface area contributed by atoms with Gasteiger partial charge in [-0.2, -0.15) is 0 Å². The van der Waals surface area contributed by atoms with Crippen LogP contribution in [0, 0.1) is 6.92 Å². The highest BCUT2D eigenvalue weighted by atomic mass is 79.9. The molecule has 5 nitrogen and oxygen atoms in total. The van der Waals surface area contributed by atoms with Crippen LogP contribution in [0.4, 0.5) is 4.79 Å². The zero-order valence-corrected chi connectivity index (χ0v) is 18.9. The fraction of sp³-hybridized carbons (Fsp3) is 0.591. The molecule has 0 spiro atoms. The summed E-state index contributed by atoms with van der Waals surface area (Å²) in [6.45, 7) is 11.9. The number of likely N-dealkylation sites (N-methyl/N-ethyl adjacent to an activating group) is 1. The molecule has 1 aromatic carbocycles. The lowest BCUT2D eigenvalue weighted by Gasteiger charge is -2.47. The summed E-state index contributed by atoms with van der Waals surface area (Å²) in [6, 6.07) is 5.25. The van der Waals surface area contributed by atoms with Crippen LogP contribution in [0.1, 0.15) is 49.9 Å². The number of nitrogens with zero attached hydrogens (tertiary/aromatic N) is 2. The smallest absolute Gasteiger partial charge is 0.317 e. The summed E-state index contributed by atoms with van der Waals surface area (Å²) in [5.74, 6) is 0.443. The molecule has 2 amide bonds. The summed E-state index contributed by atoms with van der Waals surface area (Å²) >= 11 is 3.71. The maximum atomic E-state index is 12.7. The molecule has 152 valence electrons. The van der Waals surface area contributed by atoms with Crippen LogP contribution in [0.3, 0.4) is 0 Å². The van der Waals surface area contributed by atoms with Crippen molar-refractivity contribution in [3.05, 3.63) is 33.4 Å². The Morgan fingerprint density at radius 3 is 2.75 bits per heavy atom. The molecule has 4 rings (SSSR count). The van der Waals surface area contributed by atoms with Crippen molar-refractivity contribution in [3.8, 4) is 0 Å². The average molecular weight is 447 g/mol. The van der Waals surface area contributed by atoms with Gasteiger partial charge >= 0.3 is 6.03 Å². The number of carbonyl (C=O) groups is 1. The Morgan fingerprint density at radius 2 is 2.07 bits per heavy atom. The topological polar surface area (TPSA) is 51.4 Å². The van der Waals surface area contributed by atoms with E-state index in [1.807, 2.05) is 18.7 Å². The van der Waals surface area contributed by atoms with E-state index in [1.165, 1.54) is 27.7 Å². The molecule has 1 saturated heterocycles. The van der Waals surface area contributed by atoms with Gasteiger partial charge in [-0.15, -0.1) is 0 Å². The van der Waals surface area contributed by atoms with Crippen LogP contribution in [-0.2, 0) is 6.42 Å². The van der Waals surface area contributed by atoms with Gasteiger partial charge in [-0.1, -0.05) is 22.9 Å². The maximum absolute atomic E-state index is 12.7. The number of aromatic nitrogens is 1. The number of benzene rings is 1. The number of rotatable bonds is 4. The fourth-order valence-corrected chi connectivity index (χ4v) is 5.82. The van der Waals surface area contributed by atoms with E-state index in [0.29, 0.717) is 12.0 Å². The van der Waals surface area contributed by atoms with Gasteiger partial charge < -0.3 is 15.2 Å². The maximum Gasteiger partial charge on any atom is 0.317 e. The first-order valence-corrected chi connectivity index (χ1v) is 11.4. The lowest BCUT2D eigenvalue weighted by molar-refractivity contribution is 0.103. The SMILES string of the molecule is CCN(CC)C(=O)N[C@H]1C[C@@H]2c3cc(Br)cc4[nH]c(C)c(c34)C[C@H]2N(CC)C1. The lowest BCUT2D eigenvalue weighted by Crippen LogP contribution is -2.57.